The molecule has 1 amide bonds. The Balaban J connectivity index is 1.49. The van der Waals surface area contributed by atoms with E-state index in [-0.39, 0.29) is 34.9 Å². The van der Waals surface area contributed by atoms with Crippen LogP contribution in [0.3, 0.4) is 0 Å². The molecule has 1 aromatic heterocycles. The quantitative estimate of drug-likeness (QED) is 0.142. The first-order chi connectivity index (χ1) is 21.4. The summed E-state index contributed by atoms with van der Waals surface area (Å²) in [5.74, 6) is -0.418. The topological polar surface area (TPSA) is 97.1 Å². The van der Waals surface area contributed by atoms with Crippen LogP contribution >= 0.6 is 11.6 Å². The van der Waals surface area contributed by atoms with E-state index >= 15 is 0 Å². The van der Waals surface area contributed by atoms with Crippen molar-refractivity contribution in [2.75, 3.05) is 12.0 Å². The molecule has 0 saturated carbocycles. The summed E-state index contributed by atoms with van der Waals surface area (Å²) in [4.78, 5) is 28.3. The number of rotatable bonds is 9. The number of halogens is 1. The predicted octanol–water partition coefficient (Wildman–Crippen LogP) is 7.13. The summed E-state index contributed by atoms with van der Waals surface area (Å²) in [5, 5.41) is 0.545. The van der Waals surface area contributed by atoms with Crippen molar-refractivity contribution >= 4 is 45.3 Å². The average Bonchev–Trinajstić information content (AvgIpc) is 3.53. The third-order valence-electron chi connectivity index (χ3n) is 7.49. The molecule has 10 heteroatoms. The first kappa shape index (κ1) is 32.0. The lowest BCUT2D eigenvalue weighted by atomic mass is 10.1. The number of ether oxygens (including phenoxy) is 1. The highest BCUT2D eigenvalue weighted by Gasteiger charge is 2.38. The minimum atomic E-state index is -3.93. The number of esters is 1. The van der Waals surface area contributed by atoms with E-state index in [0.29, 0.717) is 22.2 Å². The van der Waals surface area contributed by atoms with Gasteiger partial charge >= 0.3 is 5.97 Å². The molecule has 0 N–H and O–H groups in total. The van der Waals surface area contributed by atoms with Gasteiger partial charge in [0.2, 0.25) is 10.0 Å². The number of hydrogen-bond acceptors (Lipinski definition) is 6. The van der Waals surface area contributed by atoms with Crippen LogP contribution in [0.25, 0.3) is 6.08 Å². The lowest BCUT2D eigenvalue weighted by Gasteiger charge is -2.21. The van der Waals surface area contributed by atoms with Gasteiger partial charge in [-0.2, -0.15) is 4.31 Å². The second-order valence-electron chi connectivity index (χ2n) is 11.0. The molecule has 5 rings (SSSR count). The second-order valence-corrected chi connectivity index (χ2v) is 13.4. The van der Waals surface area contributed by atoms with Gasteiger partial charge in [0, 0.05) is 23.0 Å². The number of anilines is 1. The summed E-state index contributed by atoms with van der Waals surface area (Å²) >= 11 is 6.06. The van der Waals surface area contributed by atoms with Crippen molar-refractivity contribution in [2.45, 2.75) is 45.7 Å². The Hall–Kier alpha value is -4.44. The van der Waals surface area contributed by atoms with E-state index in [1.807, 2.05) is 39.0 Å². The number of hydrogen-bond donors (Lipinski definition) is 0. The Morgan fingerprint density at radius 1 is 0.889 bits per heavy atom. The summed E-state index contributed by atoms with van der Waals surface area (Å²) in [6.07, 6.45) is 1.49. The lowest BCUT2D eigenvalue weighted by Crippen LogP contribution is -2.30. The smallest absolute Gasteiger partial charge is 0.340 e. The van der Waals surface area contributed by atoms with Gasteiger partial charge in [-0.25, -0.2) is 13.2 Å². The van der Waals surface area contributed by atoms with E-state index in [4.69, 9.17) is 20.8 Å². The van der Waals surface area contributed by atoms with Gasteiger partial charge < -0.3 is 9.15 Å². The fourth-order valence-corrected chi connectivity index (χ4v) is 6.84. The van der Waals surface area contributed by atoms with Crippen LogP contribution in [0.4, 0.5) is 5.69 Å². The van der Waals surface area contributed by atoms with Gasteiger partial charge in [-0.05, 0) is 99.0 Å². The molecular weight excluding hydrogens is 612 g/mol. The van der Waals surface area contributed by atoms with Gasteiger partial charge in [0.25, 0.3) is 5.91 Å². The van der Waals surface area contributed by atoms with E-state index < -0.39 is 21.9 Å². The number of benzene rings is 3. The third-order valence-corrected chi connectivity index (χ3v) is 9.54. The van der Waals surface area contributed by atoms with Gasteiger partial charge in [-0.1, -0.05) is 47.5 Å². The fraction of sp³-hybridized carbons (Fsp3) is 0.200. The number of amides is 1. The van der Waals surface area contributed by atoms with Gasteiger partial charge in [0.05, 0.1) is 29.7 Å². The minimum absolute atomic E-state index is 0.0717. The molecule has 0 saturated heterocycles. The largest absolute Gasteiger partial charge is 0.465 e. The van der Waals surface area contributed by atoms with Crippen LogP contribution in [0.5, 0.6) is 0 Å². The van der Waals surface area contributed by atoms with Crippen molar-refractivity contribution in [3.8, 4) is 0 Å². The molecule has 0 unspecified atom stereocenters. The molecule has 0 radical (unpaired) electrons. The molecule has 232 valence electrons. The third kappa shape index (κ3) is 6.81. The monoisotopic (exact) mass is 644 g/mol. The van der Waals surface area contributed by atoms with Crippen molar-refractivity contribution in [3.63, 3.8) is 0 Å². The molecule has 2 heterocycles. The maximum atomic E-state index is 13.8. The molecule has 45 heavy (non-hydrogen) atoms. The molecule has 0 bridgehead atoms. The van der Waals surface area contributed by atoms with E-state index in [0.717, 1.165) is 22.3 Å². The Kier molecular flexibility index (Phi) is 9.16. The van der Waals surface area contributed by atoms with Crippen molar-refractivity contribution in [1.82, 2.24) is 4.31 Å². The molecule has 0 aliphatic carbocycles. The van der Waals surface area contributed by atoms with E-state index in [1.165, 1.54) is 22.4 Å². The lowest BCUT2D eigenvalue weighted by molar-refractivity contribution is -0.136. The van der Waals surface area contributed by atoms with Crippen molar-refractivity contribution in [1.29, 1.82) is 0 Å². The Morgan fingerprint density at radius 3 is 2.16 bits per heavy atom. The number of carbonyl (C=O) groups is 2. The molecule has 4 aromatic rings. The highest BCUT2D eigenvalue weighted by atomic mass is 35.5. The van der Waals surface area contributed by atoms with Crippen LogP contribution in [0.2, 0.25) is 5.02 Å². The van der Waals surface area contributed by atoms with Crippen LogP contribution in [0.1, 0.15) is 40.7 Å². The summed E-state index contributed by atoms with van der Waals surface area (Å²) < 4.78 is 40.0. The van der Waals surface area contributed by atoms with Crippen molar-refractivity contribution < 1.29 is 27.2 Å². The van der Waals surface area contributed by atoms with Crippen molar-refractivity contribution in [3.05, 3.63) is 135 Å². The molecular formula is C35H33ClN2O6S. The summed E-state index contributed by atoms with van der Waals surface area (Å²) in [6, 6.07) is 22.7. The first-order valence-corrected chi connectivity index (χ1v) is 16.0. The van der Waals surface area contributed by atoms with E-state index in [1.54, 1.807) is 67.6 Å². The number of sulfonamides is 1. The molecule has 8 nitrogen and oxygen atoms in total. The number of nitrogens with zero attached hydrogens (tertiary/aromatic N) is 2. The zero-order chi connectivity index (χ0) is 32.5. The van der Waals surface area contributed by atoms with Crippen LogP contribution in [0.15, 0.2) is 105 Å². The van der Waals surface area contributed by atoms with Gasteiger partial charge in [-0.3, -0.25) is 9.69 Å². The minimum Gasteiger partial charge on any atom is -0.465 e. The van der Waals surface area contributed by atoms with Crippen LogP contribution in [0, 0.1) is 20.8 Å². The summed E-state index contributed by atoms with van der Waals surface area (Å²) in [6.45, 7) is 7.45. The maximum Gasteiger partial charge on any atom is 0.340 e. The fourth-order valence-electron chi connectivity index (χ4n) is 5.32. The van der Waals surface area contributed by atoms with Gasteiger partial charge in [-0.15, -0.1) is 0 Å². The van der Waals surface area contributed by atoms with Gasteiger partial charge in [0.1, 0.15) is 11.5 Å². The second kappa shape index (κ2) is 12.9. The number of aryl methyl sites for hydroxylation is 3. The van der Waals surface area contributed by atoms with Crippen molar-refractivity contribution in [2.24, 2.45) is 0 Å². The Labute approximate surface area is 268 Å². The zero-order valence-electron chi connectivity index (χ0n) is 25.6. The predicted molar refractivity (Wildman–Crippen MR) is 174 cm³/mol. The van der Waals surface area contributed by atoms with E-state index in [2.05, 4.69) is 0 Å². The first-order valence-electron chi connectivity index (χ1n) is 14.2. The Bertz CT molecular complexity index is 1920. The van der Waals surface area contributed by atoms with Crippen LogP contribution in [-0.2, 0) is 37.4 Å². The van der Waals surface area contributed by atoms with Crippen LogP contribution in [-0.4, -0.2) is 31.7 Å². The molecule has 0 atom stereocenters. The normalized spacial score (nSPS) is 14.6. The summed E-state index contributed by atoms with van der Waals surface area (Å²) in [7, 11) is -2.66. The maximum absolute atomic E-state index is 13.8. The number of allylic oxidation sites excluding steroid dienone is 1. The molecule has 1 aliphatic heterocycles. The number of furan rings is 1. The van der Waals surface area contributed by atoms with Gasteiger partial charge in [0.15, 0.2) is 0 Å². The summed E-state index contributed by atoms with van der Waals surface area (Å²) in [5.41, 5.74) is 4.96. The number of methoxy groups -OCH3 is 1. The van der Waals surface area contributed by atoms with Crippen LogP contribution < -0.4 is 4.90 Å². The molecule has 1 aliphatic rings. The SMILES string of the molecule is COC(=O)C1=C(C)N(c2cc(C)cc(C)c2)C(=O)/C1=C/c1ccc(CN(Cc2ccc(Cl)cc2)S(=O)(=O)c2ccc(C)cc2)o1. The molecule has 0 fully saturated rings. The average molecular weight is 645 g/mol. The highest BCUT2D eigenvalue weighted by Crippen LogP contribution is 2.36. The number of carbonyl (C=O) groups excluding carboxylic acids is 2. The Morgan fingerprint density at radius 2 is 1.53 bits per heavy atom. The highest BCUT2D eigenvalue weighted by molar-refractivity contribution is 7.89. The zero-order valence-corrected chi connectivity index (χ0v) is 27.2. The standard InChI is InChI=1S/C35H33ClN2O6S/c1-22-6-14-31(15-7-22)45(41,42)37(20-26-8-10-27(36)11-9-26)21-30-13-12-29(44-30)19-32-33(35(40)43-5)25(4)38(34(32)39)28-17-23(2)16-24(3)18-28/h6-19H,20-21H2,1-5H3/b32-19+. The molecule has 3 aromatic carbocycles. The van der Waals surface area contributed by atoms with E-state index in [9.17, 15) is 18.0 Å². The molecule has 0 spiro atoms.